The Kier molecular flexibility index (Phi) is 5.02. The van der Waals surface area contributed by atoms with Crippen molar-refractivity contribution in [1.82, 2.24) is 15.0 Å². The van der Waals surface area contributed by atoms with Gasteiger partial charge in [-0.1, -0.05) is 96.5 Å². The number of fused-ring (bicyclic) bond motifs is 6. The molecule has 0 aliphatic carbocycles. The molecule has 0 N–H and O–H groups in total. The zero-order chi connectivity index (χ0) is 25.9. The van der Waals surface area contributed by atoms with Gasteiger partial charge in [-0.2, -0.15) is 0 Å². The molecule has 4 nitrogen and oxygen atoms in total. The number of hydrogen-bond donors (Lipinski definition) is 0. The molecule has 0 bridgehead atoms. The Morgan fingerprint density at radius 1 is 0.564 bits per heavy atom. The molecule has 0 amide bonds. The highest BCUT2D eigenvalue weighted by Crippen LogP contribution is 2.41. The van der Waals surface area contributed by atoms with E-state index in [1.807, 2.05) is 66.7 Å². The van der Waals surface area contributed by atoms with Crippen molar-refractivity contribution in [3.63, 3.8) is 0 Å². The van der Waals surface area contributed by atoms with Gasteiger partial charge in [0.05, 0.1) is 5.02 Å². The third-order valence-corrected chi connectivity index (χ3v) is 8.55. The smallest absolute Gasteiger partial charge is 0.165 e. The topological polar surface area (TPSA) is 51.8 Å². The summed E-state index contributed by atoms with van der Waals surface area (Å²) < 4.78 is 8.57. The van der Waals surface area contributed by atoms with Gasteiger partial charge in [0.2, 0.25) is 0 Å². The van der Waals surface area contributed by atoms with Crippen molar-refractivity contribution in [3.8, 4) is 34.2 Å². The Balaban J connectivity index is 1.44. The second-order valence-electron chi connectivity index (χ2n) is 9.35. The van der Waals surface area contributed by atoms with Gasteiger partial charge >= 0.3 is 0 Å². The van der Waals surface area contributed by atoms with Gasteiger partial charge in [-0.15, -0.1) is 11.3 Å². The van der Waals surface area contributed by atoms with Crippen LogP contribution >= 0.6 is 22.9 Å². The van der Waals surface area contributed by atoms with Gasteiger partial charge in [-0.05, 0) is 24.3 Å². The summed E-state index contributed by atoms with van der Waals surface area (Å²) in [7, 11) is 0. The molecule has 0 fully saturated rings. The van der Waals surface area contributed by atoms with Crippen LogP contribution in [-0.4, -0.2) is 15.0 Å². The maximum atomic E-state index is 6.49. The van der Waals surface area contributed by atoms with Crippen LogP contribution in [0.1, 0.15) is 0 Å². The second-order valence-corrected chi connectivity index (χ2v) is 10.8. The van der Waals surface area contributed by atoms with Crippen LogP contribution in [0.5, 0.6) is 0 Å². The summed E-state index contributed by atoms with van der Waals surface area (Å²) in [6, 6.07) is 36.6. The van der Waals surface area contributed by atoms with Crippen molar-refractivity contribution in [2.75, 3.05) is 0 Å². The van der Waals surface area contributed by atoms with E-state index in [0.29, 0.717) is 28.1 Å². The summed E-state index contributed by atoms with van der Waals surface area (Å²) in [4.78, 5) is 15.1. The molecular formula is C33H18ClN3OS. The van der Waals surface area contributed by atoms with Crippen molar-refractivity contribution in [2.45, 2.75) is 0 Å². The Hall–Kier alpha value is -4.58. The molecule has 39 heavy (non-hydrogen) atoms. The van der Waals surface area contributed by atoms with Crippen LogP contribution in [0, 0.1) is 0 Å². The van der Waals surface area contributed by atoms with E-state index in [4.69, 9.17) is 31.0 Å². The summed E-state index contributed by atoms with van der Waals surface area (Å²) in [5.41, 5.74) is 4.19. The van der Waals surface area contributed by atoms with E-state index in [2.05, 4.69) is 42.5 Å². The predicted octanol–water partition coefficient (Wildman–Crippen LogP) is 9.79. The highest BCUT2D eigenvalue weighted by molar-refractivity contribution is 7.26. The predicted molar refractivity (Wildman–Crippen MR) is 161 cm³/mol. The lowest BCUT2D eigenvalue weighted by molar-refractivity contribution is 0.669. The number of para-hydroxylation sites is 1. The Bertz CT molecular complexity index is 2200. The zero-order valence-electron chi connectivity index (χ0n) is 20.4. The fourth-order valence-electron chi connectivity index (χ4n) is 5.26. The normalized spacial score (nSPS) is 11.7. The Morgan fingerprint density at radius 3 is 2.13 bits per heavy atom. The van der Waals surface area contributed by atoms with Crippen LogP contribution in [0.4, 0.5) is 0 Å². The molecule has 0 spiro atoms. The lowest BCUT2D eigenvalue weighted by Gasteiger charge is -2.10. The standard InChI is InChI=1S/C33H18ClN3OS/c34-25-16-7-13-22-28-23(14-8-17-26(28)38-29(22)25)32-35-31(19-9-2-1-3-10-19)36-33(37-32)24-15-6-12-21-20-11-4-5-18-27(20)39-30(21)24/h1-18H. The van der Waals surface area contributed by atoms with Crippen molar-refractivity contribution >= 4 is 65.0 Å². The highest BCUT2D eigenvalue weighted by Gasteiger charge is 2.20. The molecule has 184 valence electrons. The first-order chi connectivity index (χ1) is 19.2. The number of rotatable bonds is 3. The number of thiophene rings is 1. The molecule has 0 atom stereocenters. The quantitative estimate of drug-likeness (QED) is 0.224. The molecule has 8 rings (SSSR count). The molecule has 5 aromatic carbocycles. The fourth-order valence-corrected chi connectivity index (χ4v) is 6.68. The molecule has 0 aliphatic heterocycles. The van der Waals surface area contributed by atoms with Crippen LogP contribution in [0.3, 0.4) is 0 Å². The van der Waals surface area contributed by atoms with E-state index in [1.165, 1.54) is 15.5 Å². The van der Waals surface area contributed by atoms with E-state index >= 15 is 0 Å². The molecule has 3 heterocycles. The van der Waals surface area contributed by atoms with Crippen molar-refractivity contribution in [2.24, 2.45) is 0 Å². The number of nitrogens with zero attached hydrogens (tertiary/aromatic N) is 3. The van der Waals surface area contributed by atoms with Crippen LogP contribution in [0.2, 0.25) is 5.02 Å². The average Bonchev–Trinajstić information content (AvgIpc) is 3.57. The molecule has 0 aliphatic rings. The molecule has 8 aromatic rings. The van der Waals surface area contributed by atoms with Crippen molar-refractivity contribution in [1.29, 1.82) is 0 Å². The fraction of sp³-hybridized carbons (Fsp3) is 0. The Labute approximate surface area is 232 Å². The van der Waals surface area contributed by atoms with Crippen molar-refractivity contribution < 1.29 is 4.42 Å². The molecule has 0 radical (unpaired) electrons. The highest BCUT2D eigenvalue weighted by atomic mass is 35.5. The molecule has 0 saturated heterocycles. The number of furan rings is 1. The van der Waals surface area contributed by atoms with E-state index in [1.54, 1.807) is 11.3 Å². The zero-order valence-corrected chi connectivity index (χ0v) is 22.0. The third-order valence-electron chi connectivity index (χ3n) is 7.03. The van der Waals surface area contributed by atoms with E-state index in [9.17, 15) is 0 Å². The first-order valence-corrected chi connectivity index (χ1v) is 13.8. The van der Waals surface area contributed by atoms with Gasteiger partial charge in [0.15, 0.2) is 23.1 Å². The SMILES string of the molecule is Clc1cccc2c1oc1cccc(-c3nc(-c4ccccc4)nc(-c4cccc5c4sc4ccccc45)n3)c12. The monoisotopic (exact) mass is 539 g/mol. The van der Waals surface area contributed by atoms with Gasteiger partial charge in [0.25, 0.3) is 0 Å². The molecule has 3 aromatic heterocycles. The molecule has 0 unspecified atom stereocenters. The number of hydrogen-bond acceptors (Lipinski definition) is 5. The van der Waals surface area contributed by atoms with Crippen LogP contribution in [-0.2, 0) is 0 Å². The summed E-state index contributed by atoms with van der Waals surface area (Å²) in [6.07, 6.45) is 0. The minimum Gasteiger partial charge on any atom is -0.454 e. The van der Waals surface area contributed by atoms with Crippen LogP contribution in [0.15, 0.2) is 114 Å². The van der Waals surface area contributed by atoms with E-state index in [-0.39, 0.29) is 0 Å². The Morgan fingerprint density at radius 2 is 1.23 bits per heavy atom. The number of halogens is 1. The lowest BCUT2D eigenvalue weighted by Crippen LogP contribution is -2.00. The van der Waals surface area contributed by atoms with Gasteiger partial charge in [-0.25, -0.2) is 15.0 Å². The summed E-state index contributed by atoms with van der Waals surface area (Å²) in [6.45, 7) is 0. The van der Waals surface area contributed by atoms with Crippen LogP contribution in [0.25, 0.3) is 76.3 Å². The summed E-state index contributed by atoms with van der Waals surface area (Å²) >= 11 is 8.26. The largest absolute Gasteiger partial charge is 0.454 e. The second kappa shape index (κ2) is 8.73. The van der Waals surface area contributed by atoms with Gasteiger partial charge in [0, 0.05) is 47.6 Å². The summed E-state index contributed by atoms with van der Waals surface area (Å²) in [5.74, 6) is 1.85. The molecular weight excluding hydrogens is 522 g/mol. The summed E-state index contributed by atoms with van der Waals surface area (Å²) in [5, 5.41) is 4.89. The maximum absolute atomic E-state index is 6.49. The minimum absolute atomic E-state index is 0.576. The van der Waals surface area contributed by atoms with E-state index < -0.39 is 0 Å². The van der Waals surface area contributed by atoms with Gasteiger partial charge in [-0.3, -0.25) is 0 Å². The van der Waals surface area contributed by atoms with E-state index in [0.717, 1.165) is 37.7 Å². The number of aromatic nitrogens is 3. The van der Waals surface area contributed by atoms with Gasteiger partial charge in [0.1, 0.15) is 5.58 Å². The first kappa shape index (κ1) is 22.4. The lowest BCUT2D eigenvalue weighted by atomic mass is 10.0. The average molecular weight is 540 g/mol. The van der Waals surface area contributed by atoms with Gasteiger partial charge < -0.3 is 4.42 Å². The minimum atomic E-state index is 0.576. The molecule has 6 heteroatoms. The molecule has 0 saturated carbocycles. The first-order valence-electron chi connectivity index (χ1n) is 12.6. The van der Waals surface area contributed by atoms with Crippen molar-refractivity contribution in [3.05, 3.63) is 114 Å². The van der Waals surface area contributed by atoms with Crippen LogP contribution < -0.4 is 0 Å². The third kappa shape index (κ3) is 3.55. The maximum Gasteiger partial charge on any atom is 0.165 e. The number of benzene rings is 5.